The molecule has 0 bridgehead atoms. The topological polar surface area (TPSA) is 118 Å². The van der Waals surface area contributed by atoms with Crippen LogP contribution in [0.3, 0.4) is 0 Å². The Morgan fingerprint density at radius 2 is 1.45 bits per heavy atom. The van der Waals surface area contributed by atoms with Crippen LogP contribution in [0.4, 0.5) is 9.59 Å². The molecule has 9 heteroatoms. The van der Waals surface area contributed by atoms with Crippen molar-refractivity contribution in [3.8, 4) is 0 Å². The van der Waals surface area contributed by atoms with E-state index in [1.54, 1.807) is 0 Å². The lowest BCUT2D eigenvalue weighted by atomic mass is 9.86. The van der Waals surface area contributed by atoms with Gasteiger partial charge in [0.15, 0.2) is 0 Å². The first-order valence-electron chi connectivity index (χ1n) is 13.1. The Balaban J connectivity index is 1.28. The van der Waals surface area contributed by atoms with Crippen molar-refractivity contribution in [2.45, 2.75) is 32.1 Å². The normalized spacial score (nSPS) is 16.5. The zero-order valence-electron chi connectivity index (χ0n) is 22.0. The average molecular weight is 541 g/mol. The first kappa shape index (κ1) is 28.1. The van der Waals surface area contributed by atoms with Crippen LogP contribution >= 0.6 is 0 Å². The number of ether oxygens (including phenoxy) is 2. The number of alkyl carbamates (subject to hydrolysis) is 1. The molecule has 0 aromatic heterocycles. The lowest BCUT2D eigenvalue weighted by Gasteiger charge is -2.35. The minimum absolute atomic E-state index is 0.00343. The van der Waals surface area contributed by atoms with Crippen molar-refractivity contribution in [3.63, 3.8) is 0 Å². The van der Waals surface area contributed by atoms with Crippen LogP contribution in [0.25, 0.3) is 6.08 Å². The van der Waals surface area contributed by atoms with E-state index < -0.39 is 12.2 Å². The summed E-state index contributed by atoms with van der Waals surface area (Å²) in [4.78, 5) is 40.7. The summed E-state index contributed by atoms with van der Waals surface area (Å²) in [6.45, 7) is 0.472. The van der Waals surface area contributed by atoms with E-state index in [1.807, 2.05) is 103 Å². The van der Waals surface area contributed by atoms with Crippen LogP contribution in [0.2, 0.25) is 0 Å². The minimum Gasteiger partial charge on any atom is -0.444 e. The number of amides is 3. The Hall–Kier alpha value is -4.92. The minimum atomic E-state index is -0.862. The standard InChI is InChI=1S/C31H32N4O5/c36-28-26(27(33-28)19-18-23-11-4-1-5-12-23)17-10-20-32-29(34-30(37)39-21-24-13-6-2-7-14-24)35-31(38)40-22-25-15-8-3-9-16-25/h1-9,11-16,18-19,26-27H,10,17,20-22H2,(H,33,36)(H2,32,34,35,37,38)/t26-,27+/m0/s1. The second kappa shape index (κ2) is 14.9. The summed E-state index contributed by atoms with van der Waals surface area (Å²) in [5, 5.41) is 8.35. The summed E-state index contributed by atoms with van der Waals surface area (Å²) >= 11 is 0. The molecule has 206 valence electrons. The average Bonchev–Trinajstić information content (AvgIpc) is 2.98. The molecule has 0 aliphatic carbocycles. The molecule has 1 heterocycles. The Kier molecular flexibility index (Phi) is 10.4. The second-order valence-corrected chi connectivity index (χ2v) is 9.17. The lowest BCUT2D eigenvalue weighted by molar-refractivity contribution is -0.133. The fourth-order valence-electron chi connectivity index (χ4n) is 4.05. The van der Waals surface area contributed by atoms with Gasteiger partial charge in [-0.25, -0.2) is 9.59 Å². The molecular formula is C31H32N4O5. The van der Waals surface area contributed by atoms with Gasteiger partial charge in [0.05, 0.1) is 12.0 Å². The van der Waals surface area contributed by atoms with Gasteiger partial charge in [-0.1, -0.05) is 103 Å². The summed E-state index contributed by atoms with van der Waals surface area (Å²) in [5.74, 6) is -0.236. The van der Waals surface area contributed by atoms with Gasteiger partial charge in [0, 0.05) is 6.54 Å². The van der Waals surface area contributed by atoms with Gasteiger partial charge in [-0.2, -0.15) is 0 Å². The van der Waals surface area contributed by atoms with E-state index in [9.17, 15) is 14.4 Å². The van der Waals surface area contributed by atoms with Crippen molar-refractivity contribution in [1.29, 1.82) is 0 Å². The highest BCUT2D eigenvalue weighted by molar-refractivity contribution is 5.98. The molecule has 1 aliphatic rings. The Morgan fingerprint density at radius 1 is 0.850 bits per heavy atom. The van der Waals surface area contributed by atoms with Crippen LogP contribution in [-0.2, 0) is 27.5 Å². The molecule has 3 aromatic carbocycles. The van der Waals surface area contributed by atoms with Gasteiger partial charge >= 0.3 is 12.2 Å². The summed E-state index contributed by atoms with van der Waals surface area (Å²) < 4.78 is 10.5. The maximum atomic E-state index is 12.4. The molecule has 1 fully saturated rings. The SMILES string of the molecule is O=C(N=C(NCCC[C@@H]1C(=O)N[C@@H]1C=Cc1ccccc1)NC(=O)OCc1ccccc1)OCc1ccccc1. The number of rotatable bonds is 10. The first-order chi connectivity index (χ1) is 19.6. The maximum absolute atomic E-state index is 12.4. The van der Waals surface area contributed by atoms with Gasteiger partial charge < -0.3 is 20.1 Å². The van der Waals surface area contributed by atoms with Crippen LogP contribution in [-0.4, -0.2) is 36.6 Å². The number of guanidine groups is 1. The number of hydrogen-bond acceptors (Lipinski definition) is 5. The van der Waals surface area contributed by atoms with Crippen molar-refractivity contribution < 1.29 is 23.9 Å². The van der Waals surface area contributed by atoms with E-state index >= 15 is 0 Å². The summed E-state index contributed by atoms with van der Waals surface area (Å²) in [5.41, 5.74) is 2.70. The molecule has 3 amide bonds. The maximum Gasteiger partial charge on any atom is 0.437 e. The van der Waals surface area contributed by atoms with Crippen molar-refractivity contribution in [2.24, 2.45) is 10.9 Å². The zero-order valence-corrected chi connectivity index (χ0v) is 22.0. The third kappa shape index (κ3) is 9.13. The molecule has 0 saturated carbocycles. The summed E-state index contributed by atoms with van der Waals surface area (Å²) in [6.07, 6.45) is 3.58. The smallest absolute Gasteiger partial charge is 0.437 e. The molecule has 0 radical (unpaired) electrons. The molecule has 1 aliphatic heterocycles. The van der Waals surface area contributed by atoms with Gasteiger partial charge in [0.25, 0.3) is 0 Å². The molecule has 0 unspecified atom stereocenters. The molecule has 4 rings (SSSR count). The second-order valence-electron chi connectivity index (χ2n) is 9.17. The number of benzene rings is 3. The Labute approximate surface area is 233 Å². The van der Waals surface area contributed by atoms with Crippen LogP contribution in [0.15, 0.2) is 102 Å². The van der Waals surface area contributed by atoms with Gasteiger partial charge in [-0.15, -0.1) is 4.99 Å². The highest BCUT2D eigenvalue weighted by Crippen LogP contribution is 2.22. The molecule has 2 atom stereocenters. The number of nitrogens with zero attached hydrogens (tertiary/aromatic N) is 1. The van der Waals surface area contributed by atoms with Crippen LogP contribution < -0.4 is 16.0 Å². The van der Waals surface area contributed by atoms with E-state index in [0.29, 0.717) is 19.4 Å². The third-order valence-electron chi connectivity index (χ3n) is 6.20. The van der Waals surface area contributed by atoms with E-state index in [1.165, 1.54) is 0 Å². The van der Waals surface area contributed by atoms with Crippen molar-refractivity contribution in [1.82, 2.24) is 16.0 Å². The van der Waals surface area contributed by atoms with Crippen LogP contribution in [0.5, 0.6) is 0 Å². The van der Waals surface area contributed by atoms with Crippen molar-refractivity contribution in [2.75, 3.05) is 6.54 Å². The van der Waals surface area contributed by atoms with Crippen LogP contribution in [0, 0.1) is 5.92 Å². The van der Waals surface area contributed by atoms with E-state index in [-0.39, 0.29) is 37.0 Å². The number of β-lactam (4-membered cyclic amide) rings is 1. The highest BCUT2D eigenvalue weighted by atomic mass is 16.6. The number of aliphatic imine (C=N–C) groups is 1. The first-order valence-corrected chi connectivity index (χ1v) is 13.1. The predicted octanol–water partition coefficient (Wildman–Crippen LogP) is 4.80. The Bertz CT molecular complexity index is 1310. The number of carbonyl (C=O) groups is 3. The van der Waals surface area contributed by atoms with Gasteiger partial charge in [-0.3, -0.25) is 10.1 Å². The summed E-state index contributed by atoms with van der Waals surface area (Å²) in [6, 6.07) is 28.3. The quantitative estimate of drug-likeness (QED) is 0.147. The number of nitrogens with one attached hydrogen (secondary N) is 3. The van der Waals surface area contributed by atoms with Gasteiger partial charge in [0.2, 0.25) is 11.9 Å². The van der Waals surface area contributed by atoms with E-state index in [4.69, 9.17) is 9.47 Å². The molecule has 9 nitrogen and oxygen atoms in total. The van der Waals surface area contributed by atoms with Gasteiger partial charge in [-0.05, 0) is 29.5 Å². The zero-order chi connectivity index (χ0) is 28.0. The fraction of sp³-hybridized carbons (Fsp3) is 0.226. The molecule has 0 spiro atoms. The summed E-state index contributed by atoms with van der Waals surface area (Å²) in [7, 11) is 0. The molecule has 3 N–H and O–H groups in total. The van der Waals surface area contributed by atoms with Gasteiger partial charge in [0.1, 0.15) is 13.2 Å². The van der Waals surface area contributed by atoms with Crippen molar-refractivity contribution >= 4 is 30.1 Å². The molecular weight excluding hydrogens is 508 g/mol. The lowest BCUT2D eigenvalue weighted by Crippen LogP contribution is -2.57. The Morgan fingerprint density at radius 3 is 2.08 bits per heavy atom. The fourth-order valence-corrected chi connectivity index (χ4v) is 4.05. The largest absolute Gasteiger partial charge is 0.444 e. The number of carbonyl (C=O) groups excluding carboxylic acids is 3. The van der Waals surface area contributed by atoms with E-state index in [0.717, 1.165) is 16.7 Å². The third-order valence-corrected chi connectivity index (χ3v) is 6.20. The molecule has 3 aromatic rings. The molecule has 40 heavy (non-hydrogen) atoms. The highest BCUT2D eigenvalue weighted by Gasteiger charge is 2.36. The molecule has 1 saturated heterocycles. The van der Waals surface area contributed by atoms with Crippen LogP contribution in [0.1, 0.15) is 29.5 Å². The van der Waals surface area contributed by atoms with E-state index in [2.05, 4.69) is 20.9 Å². The number of hydrogen-bond donors (Lipinski definition) is 3. The monoisotopic (exact) mass is 540 g/mol. The predicted molar refractivity (Wildman–Crippen MR) is 152 cm³/mol. The van der Waals surface area contributed by atoms with Crippen molar-refractivity contribution in [3.05, 3.63) is 114 Å².